The Labute approximate surface area is 53.1 Å². The van der Waals surface area contributed by atoms with Gasteiger partial charge in [0.25, 0.3) is 0 Å². The van der Waals surface area contributed by atoms with Gasteiger partial charge in [0.15, 0.2) is 0 Å². The largest absolute Gasteiger partial charge is 0.394 e. The highest BCUT2D eigenvalue weighted by molar-refractivity contribution is 4.16. The first-order chi connectivity index (χ1) is 4.41. The van der Waals surface area contributed by atoms with Crippen molar-refractivity contribution < 1.29 is 19.9 Å². The van der Waals surface area contributed by atoms with Gasteiger partial charge in [0.05, 0.1) is 26.4 Å². The van der Waals surface area contributed by atoms with Gasteiger partial charge in [-0.05, 0) is 0 Å². The lowest BCUT2D eigenvalue weighted by molar-refractivity contribution is -0.178. The molecule has 0 rings (SSSR count). The van der Waals surface area contributed by atoms with Gasteiger partial charge in [-0.3, -0.25) is 9.68 Å². The molecule has 0 aromatic rings. The number of rotatable bonds is 6. The highest BCUT2D eigenvalue weighted by Gasteiger charge is 1.83. The minimum atomic E-state index is -0.0600. The molecule has 5 nitrogen and oxygen atoms in total. The van der Waals surface area contributed by atoms with Gasteiger partial charge in [0, 0.05) is 0 Å². The number of hydrogen-bond donors (Lipinski definition) is 3. The first-order valence-electron chi connectivity index (χ1n) is 2.62. The highest BCUT2D eigenvalue weighted by Crippen LogP contribution is 1.67. The maximum atomic E-state index is 8.15. The molecule has 0 bridgehead atoms. The second-order valence-electron chi connectivity index (χ2n) is 1.23. The maximum absolute atomic E-state index is 8.15. The van der Waals surface area contributed by atoms with E-state index in [4.69, 9.17) is 10.2 Å². The minimum Gasteiger partial charge on any atom is -0.394 e. The number of nitrogens with one attached hydrogen (secondary N) is 1. The topological polar surface area (TPSA) is 71.0 Å². The zero-order chi connectivity index (χ0) is 6.95. The van der Waals surface area contributed by atoms with Gasteiger partial charge in [-0.15, -0.1) is 0 Å². The van der Waals surface area contributed by atoms with Crippen LogP contribution in [0.2, 0.25) is 0 Å². The Balaban J connectivity index is 2.60. The molecular formula is C4H11NO4. The summed E-state index contributed by atoms with van der Waals surface area (Å²) in [6.07, 6.45) is 0. The molecule has 0 saturated carbocycles. The number of aliphatic hydroxyl groups is 2. The summed E-state index contributed by atoms with van der Waals surface area (Å²) in [6.45, 7) is 0.224. The quantitative estimate of drug-likeness (QED) is 0.304. The Morgan fingerprint density at radius 3 is 1.78 bits per heavy atom. The van der Waals surface area contributed by atoms with Crippen molar-refractivity contribution in [3.8, 4) is 0 Å². The van der Waals surface area contributed by atoms with Crippen LogP contribution in [-0.2, 0) is 9.68 Å². The normalized spacial score (nSPS) is 10.0. The van der Waals surface area contributed by atoms with Gasteiger partial charge in [0.2, 0.25) is 0 Å². The van der Waals surface area contributed by atoms with Crippen LogP contribution >= 0.6 is 0 Å². The molecule has 0 radical (unpaired) electrons. The third-order valence-electron chi connectivity index (χ3n) is 0.505. The van der Waals surface area contributed by atoms with Crippen molar-refractivity contribution >= 4 is 0 Å². The Hall–Kier alpha value is -0.200. The standard InChI is InChI=1S/C4H11NO4/c6-1-3-8-5-9-4-2-7/h5-7H,1-4H2. The molecular weight excluding hydrogens is 126 g/mol. The Kier molecular flexibility index (Phi) is 7.63. The van der Waals surface area contributed by atoms with Crippen LogP contribution < -0.4 is 5.64 Å². The van der Waals surface area contributed by atoms with E-state index in [1.807, 2.05) is 0 Å². The summed E-state index contributed by atoms with van der Waals surface area (Å²) >= 11 is 0. The lowest BCUT2D eigenvalue weighted by Crippen LogP contribution is -2.19. The van der Waals surface area contributed by atoms with Crippen molar-refractivity contribution in [2.75, 3.05) is 26.4 Å². The van der Waals surface area contributed by atoms with Crippen molar-refractivity contribution in [3.63, 3.8) is 0 Å². The van der Waals surface area contributed by atoms with E-state index in [0.717, 1.165) is 0 Å². The van der Waals surface area contributed by atoms with Crippen molar-refractivity contribution in [1.82, 2.24) is 5.64 Å². The Bertz CT molecular complexity index is 45.8. The van der Waals surface area contributed by atoms with E-state index in [1.165, 1.54) is 0 Å². The van der Waals surface area contributed by atoms with E-state index in [9.17, 15) is 0 Å². The summed E-state index contributed by atoms with van der Waals surface area (Å²) in [4.78, 5) is 8.90. The zero-order valence-corrected chi connectivity index (χ0v) is 5.04. The molecule has 0 saturated heterocycles. The van der Waals surface area contributed by atoms with Crippen LogP contribution in [0.5, 0.6) is 0 Å². The highest BCUT2D eigenvalue weighted by atomic mass is 16.9. The van der Waals surface area contributed by atoms with Crippen LogP contribution in [0.4, 0.5) is 0 Å². The minimum absolute atomic E-state index is 0.0600. The Morgan fingerprint density at radius 2 is 1.44 bits per heavy atom. The summed E-state index contributed by atoms with van der Waals surface area (Å²) in [6, 6.07) is 0. The molecule has 56 valence electrons. The van der Waals surface area contributed by atoms with E-state index >= 15 is 0 Å². The average molecular weight is 137 g/mol. The molecule has 0 amide bonds. The fraction of sp³-hybridized carbons (Fsp3) is 1.00. The van der Waals surface area contributed by atoms with Gasteiger partial charge in [-0.1, -0.05) is 5.64 Å². The number of hydrogen-bond acceptors (Lipinski definition) is 5. The molecule has 0 aromatic heterocycles. The average Bonchev–Trinajstić information content (AvgIpc) is 1.89. The van der Waals surface area contributed by atoms with E-state index in [1.54, 1.807) is 0 Å². The molecule has 3 N–H and O–H groups in total. The lowest BCUT2D eigenvalue weighted by atomic mass is 10.8. The van der Waals surface area contributed by atoms with Crippen LogP contribution in [-0.4, -0.2) is 36.6 Å². The summed E-state index contributed by atoms with van der Waals surface area (Å²) < 4.78 is 0. The smallest absolute Gasteiger partial charge is 0.0940 e. The third kappa shape index (κ3) is 7.80. The van der Waals surface area contributed by atoms with Crippen LogP contribution in [0.1, 0.15) is 0 Å². The molecule has 0 unspecified atom stereocenters. The van der Waals surface area contributed by atoms with Gasteiger partial charge in [-0.25, -0.2) is 0 Å². The van der Waals surface area contributed by atoms with Crippen molar-refractivity contribution in [2.45, 2.75) is 0 Å². The van der Waals surface area contributed by atoms with Gasteiger partial charge in [0.1, 0.15) is 0 Å². The van der Waals surface area contributed by atoms with Gasteiger partial charge >= 0.3 is 0 Å². The van der Waals surface area contributed by atoms with Crippen LogP contribution in [0.3, 0.4) is 0 Å². The molecule has 0 aliphatic heterocycles. The van der Waals surface area contributed by atoms with Crippen LogP contribution in [0, 0.1) is 0 Å². The zero-order valence-electron chi connectivity index (χ0n) is 5.04. The molecule has 5 heteroatoms. The Morgan fingerprint density at radius 1 is 1.00 bits per heavy atom. The van der Waals surface area contributed by atoms with Crippen molar-refractivity contribution in [3.05, 3.63) is 0 Å². The van der Waals surface area contributed by atoms with Crippen molar-refractivity contribution in [1.29, 1.82) is 0 Å². The van der Waals surface area contributed by atoms with Gasteiger partial charge in [-0.2, -0.15) is 0 Å². The molecule has 0 spiro atoms. The fourth-order valence-corrected chi connectivity index (χ4v) is 0.216. The molecule has 0 aromatic carbocycles. The van der Waals surface area contributed by atoms with Gasteiger partial charge < -0.3 is 10.2 Å². The van der Waals surface area contributed by atoms with Crippen LogP contribution in [0.15, 0.2) is 0 Å². The van der Waals surface area contributed by atoms with E-state index in [2.05, 4.69) is 15.3 Å². The second-order valence-corrected chi connectivity index (χ2v) is 1.23. The summed E-state index contributed by atoms with van der Waals surface area (Å²) in [5.74, 6) is 0. The second kappa shape index (κ2) is 7.80. The molecule has 0 atom stereocenters. The SMILES string of the molecule is OCCONOCCO. The predicted octanol–water partition coefficient (Wildman–Crippen LogP) is -1.58. The van der Waals surface area contributed by atoms with E-state index < -0.39 is 0 Å². The van der Waals surface area contributed by atoms with Crippen molar-refractivity contribution in [2.24, 2.45) is 0 Å². The summed E-state index contributed by atoms with van der Waals surface area (Å²) in [5, 5.41) is 16.3. The molecule has 0 heterocycles. The fourth-order valence-electron chi connectivity index (χ4n) is 0.216. The molecule has 0 aliphatic rings. The lowest BCUT2D eigenvalue weighted by Gasteiger charge is -2.01. The van der Waals surface area contributed by atoms with Crippen LogP contribution in [0.25, 0.3) is 0 Å². The summed E-state index contributed by atoms with van der Waals surface area (Å²) in [7, 11) is 0. The first kappa shape index (κ1) is 8.80. The molecule has 9 heavy (non-hydrogen) atoms. The molecule has 0 aliphatic carbocycles. The summed E-state index contributed by atoms with van der Waals surface area (Å²) in [5.41, 5.74) is 2.07. The first-order valence-corrected chi connectivity index (χ1v) is 2.62. The predicted molar refractivity (Wildman–Crippen MR) is 29.2 cm³/mol. The third-order valence-corrected chi connectivity index (χ3v) is 0.505. The van der Waals surface area contributed by atoms with E-state index in [0.29, 0.717) is 0 Å². The van der Waals surface area contributed by atoms with E-state index in [-0.39, 0.29) is 26.4 Å². The monoisotopic (exact) mass is 137 g/mol. The number of aliphatic hydroxyl groups excluding tert-OH is 2. The molecule has 0 fully saturated rings. The maximum Gasteiger partial charge on any atom is 0.0940 e.